The number of esters is 1. The highest BCUT2D eigenvalue weighted by Crippen LogP contribution is 2.27. The van der Waals surface area contributed by atoms with Crippen molar-refractivity contribution >= 4 is 5.97 Å². The lowest BCUT2D eigenvalue weighted by Gasteiger charge is -2.29. The van der Waals surface area contributed by atoms with Crippen LogP contribution in [0.1, 0.15) is 38.2 Å². The molecule has 0 heterocycles. The summed E-state index contributed by atoms with van der Waals surface area (Å²) in [5.41, 5.74) is 6.57. The molecule has 1 fully saturated rings. The number of carbonyl (C=O) groups excluding carboxylic acids is 1. The van der Waals surface area contributed by atoms with Gasteiger partial charge >= 0.3 is 5.97 Å². The Balaban J connectivity index is 1.91. The smallest absolute Gasteiger partial charge is 0.323 e. The minimum Gasteiger partial charge on any atom is -0.504 e. The molecule has 116 valence electrons. The zero-order chi connectivity index (χ0) is 15.4. The fourth-order valence-corrected chi connectivity index (χ4v) is 2.73. The van der Waals surface area contributed by atoms with E-state index in [0.717, 1.165) is 19.3 Å². The first kappa shape index (κ1) is 15.6. The second-order valence-electron chi connectivity index (χ2n) is 5.87. The highest BCUT2D eigenvalue weighted by Gasteiger charge is 2.27. The molecule has 5 heteroatoms. The van der Waals surface area contributed by atoms with Crippen LogP contribution in [0.3, 0.4) is 0 Å². The molecule has 0 aliphatic heterocycles. The number of phenols is 2. The van der Waals surface area contributed by atoms with Crippen LogP contribution >= 0.6 is 0 Å². The number of rotatable bonds is 4. The third-order valence-corrected chi connectivity index (χ3v) is 4.10. The quantitative estimate of drug-likeness (QED) is 0.584. The molecule has 2 rings (SSSR count). The minimum absolute atomic E-state index is 0.0366. The van der Waals surface area contributed by atoms with Gasteiger partial charge in [-0.1, -0.05) is 19.4 Å². The number of ether oxygens (including phenoxy) is 1. The third-order valence-electron chi connectivity index (χ3n) is 4.10. The molecule has 3 atom stereocenters. The molecule has 5 nitrogen and oxygen atoms in total. The summed E-state index contributed by atoms with van der Waals surface area (Å²) >= 11 is 0. The maximum Gasteiger partial charge on any atom is 0.323 e. The van der Waals surface area contributed by atoms with E-state index in [1.807, 2.05) is 0 Å². The molecule has 0 spiro atoms. The number of carbonyl (C=O) groups is 1. The Labute approximate surface area is 124 Å². The van der Waals surface area contributed by atoms with Crippen LogP contribution in [-0.4, -0.2) is 28.3 Å². The van der Waals surface area contributed by atoms with E-state index < -0.39 is 12.0 Å². The largest absolute Gasteiger partial charge is 0.504 e. The second kappa shape index (κ2) is 6.80. The summed E-state index contributed by atoms with van der Waals surface area (Å²) in [5, 5.41) is 18.7. The normalized spacial score (nSPS) is 23.5. The molecule has 0 amide bonds. The van der Waals surface area contributed by atoms with Gasteiger partial charge in [0.05, 0.1) is 0 Å². The van der Waals surface area contributed by atoms with E-state index in [9.17, 15) is 15.0 Å². The number of phenolic OH excluding ortho intramolecular Hbond substituents is 2. The molecule has 1 saturated carbocycles. The lowest BCUT2D eigenvalue weighted by Crippen LogP contribution is -2.39. The van der Waals surface area contributed by atoms with Gasteiger partial charge in [0, 0.05) is 0 Å². The monoisotopic (exact) mass is 293 g/mol. The standard InChI is InChI=1S/C16H23NO4/c1-10-4-2-3-5-15(10)21-16(20)12(17)8-11-6-7-13(18)14(19)9-11/h6-7,9-10,12,15,18-19H,2-5,8,17H2,1H3/t10?,12-,15?/m0/s1. The molecule has 21 heavy (non-hydrogen) atoms. The average Bonchev–Trinajstić information content (AvgIpc) is 2.45. The maximum atomic E-state index is 12.1. The Kier molecular flexibility index (Phi) is 5.07. The predicted octanol–water partition coefficient (Wildman–Crippen LogP) is 2.09. The molecule has 0 aromatic heterocycles. The fraction of sp³-hybridized carbons (Fsp3) is 0.562. The highest BCUT2D eigenvalue weighted by atomic mass is 16.5. The number of aromatic hydroxyl groups is 2. The molecule has 0 saturated heterocycles. The van der Waals surface area contributed by atoms with Crippen molar-refractivity contribution in [3.63, 3.8) is 0 Å². The van der Waals surface area contributed by atoms with E-state index >= 15 is 0 Å². The van der Waals surface area contributed by atoms with Crippen molar-refractivity contribution in [1.82, 2.24) is 0 Å². The Morgan fingerprint density at radius 1 is 1.33 bits per heavy atom. The zero-order valence-corrected chi connectivity index (χ0v) is 12.3. The summed E-state index contributed by atoms with van der Waals surface area (Å²) in [7, 11) is 0. The highest BCUT2D eigenvalue weighted by molar-refractivity contribution is 5.76. The van der Waals surface area contributed by atoms with Crippen LogP contribution < -0.4 is 5.73 Å². The van der Waals surface area contributed by atoms with Crippen LogP contribution in [-0.2, 0) is 16.0 Å². The van der Waals surface area contributed by atoms with Crippen LogP contribution in [0.15, 0.2) is 18.2 Å². The first-order valence-electron chi connectivity index (χ1n) is 7.44. The number of nitrogens with two attached hydrogens (primary N) is 1. The summed E-state index contributed by atoms with van der Waals surface area (Å²) < 4.78 is 5.52. The fourth-order valence-electron chi connectivity index (χ4n) is 2.73. The van der Waals surface area contributed by atoms with Crippen molar-refractivity contribution in [2.75, 3.05) is 0 Å². The molecular weight excluding hydrogens is 270 g/mol. The van der Waals surface area contributed by atoms with Crippen molar-refractivity contribution in [3.05, 3.63) is 23.8 Å². The summed E-state index contributed by atoms with van der Waals surface area (Å²) in [6.45, 7) is 2.10. The maximum absolute atomic E-state index is 12.1. The van der Waals surface area contributed by atoms with Crippen molar-refractivity contribution in [2.24, 2.45) is 11.7 Å². The number of hydrogen-bond donors (Lipinski definition) is 3. The zero-order valence-electron chi connectivity index (χ0n) is 12.3. The van der Waals surface area contributed by atoms with Crippen LogP contribution in [0.25, 0.3) is 0 Å². The molecule has 1 aliphatic carbocycles. The molecule has 1 aliphatic rings. The molecular formula is C16H23NO4. The minimum atomic E-state index is -0.761. The third kappa shape index (κ3) is 4.11. The van der Waals surface area contributed by atoms with E-state index in [4.69, 9.17) is 10.5 Å². The van der Waals surface area contributed by atoms with E-state index in [0.29, 0.717) is 11.5 Å². The molecule has 4 N–H and O–H groups in total. The number of benzene rings is 1. The van der Waals surface area contributed by atoms with Gasteiger partial charge in [-0.2, -0.15) is 0 Å². The summed E-state index contributed by atoms with van der Waals surface area (Å²) in [6, 6.07) is 3.66. The lowest BCUT2D eigenvalue weighted by atomic mass is 9.88. The van der Waals surface area contributed by atoms with Gasteiger partial charge in [0.15, 0.2) is 11.5 Å². The molecule has 0 bridgehead atoms. The molecule has 1 aromatic carbocycles. The second-order valence-corrected chi connectivity index (χ2v) is 5.87. The van der Waals surface area contributed by atoms with Crippen LogP contribution in [0, 0.1) is 5.92 Å². The number of hydrogen-bond acceptors (Lipinski definition) is 5. The van der Waals surface area contributed by atoms with E-state index in [1.54, 1.807) is 6.07 Å². The van der Waals surface area contributed by atoms with Crippen molar-refractivity contribution < 1.29 is 19.7 Å². The lowest BCUT2D eigenvalue weighted by molar-refractivity contribution is -0.154. The van der Waals surface area contributed by atoms with Gasteiger partial charge in [0.1, 0.15) is 12.1 Å². The van der Waals surface area contributed by atoms with E-state index in [1.165, 1.54) is 18.6 Å². The van der Waals surface area contributed by atoms with E-state index in [2.05, 4.69) is 6.92 Å². The van der Waals surface area contributed by atoms with Crippen LogP contribution in [0.2, 0.25) is 0 Å². The Morgan fingerprint density at radius 3 is 2.71 bits per heavy atom. The van der Waals surface area contributed by atoms with Gasteiger partial charge in [-0.05, 0) is 49.3 Å². The molecule has 0 radical (unpaired) electrons. The van der Waals surface area contributed by atoms with E-state index in [-0.39, 0.29) is 24.0 Å². The first-order chi connectivity index (χ1) is 9.97. The van der Waals surface area contributed by atoms with Gasteiger partial charge in [-0.15, -0.1) is 0 Å². The van der Waals surface area contributed by atoms with Gasteiger partial charge in [-0.3, -0.25) is 4.79 Å². The molecule has 1 aromatic rings. The van der Waals surface area contributed by atoms with Crippen molar-refractivity contribution in [2.45, 2.75) is 51.2 Å². The summed E-state index contributed by atoms with van der Waals surface area (Å²) in [6.07, 6.45) is 4.50. The predicted molar refractivity (Wildman–Crippen MR) is 79.0 cm³/mol. The SMILES string of the molecule is CC1CCCCC1OC(=O)[C@@H](N)Cc1ccc(O)c(O)c1. The van der Waals surface area contributed by atoms with Crippen molar-refractivity contribution in [3.8, 4) is 11.5 Å². The first-order valence-corrected chi connectivity index (χ1v) is 7.44. The summed E-state index contributed by atoms with van der Waals surface area (Å²) in [5.74, 6) is -0.422. The Bertz CT molecular complexity index is 503. The molecule has 2 unspecified atom stereocenters. The average molecular weight is 293 g/mol. The van der Waals surface area contributed by atoms with Crippen LogP contribution in [0.5, 0.6) is 11.5 Å². The van der Waals surface area contributed by atoms with Gasteiger partial charge in [-0.25, -0.2) is 0 Å². The van der Waals surface area contributed by atoms with Crippen LogP contribution in [0.4, 0.5) is 0 Å². The Morgan fingerprint density at radius 2 is 2.05 bits per heavy atom. The van der Waals surface area contributed by atoms with Gasteiger partial charge in [0.2, 0.25) is 0 Å². The topological polar surface area (TPSA) is 92.8 Å². The van der Waals surface area contributed by atoms with Gasteiger partial charge in [0.25, 0.3) is 0 Å². The van der Waals surface area contributed by atoms with Gasteiger partial charge < -0.3 is 20.7 Å². The Hall–Kier alpha value is -1.75. The summed E-state index contributed by atoms with van der Waals surface area (Å²) in [4.78, 5) is 12.1. The van der Waals surface area contributed by atoms with Crippen molar-refractivity contribution in [1.29, 1.82) is 0 Å².